The van der Waals surface area contributed by atoms with Gasteiger partial charge in [-0.1, -0.05) is 32.4 Å². The molecule has 1 fully saturated rings. The third kappa shape index (κ3) is 1.62. The molecule has 1 aliphatic carbocycles. The molecular weight excluding hydrogens is 120 g/mol. The lowest BCUT2D eigenvalue weighted by molar-refractivity contribution is 0.608. The summed E-state index contributed by atoms with van der Waals surface area (Å²) < 4.78 is 0. The monoisotopic (exact) mass is 138 g/mol. The minimum Gasteiger partial charge on any atom is -0.0819 e. The van der Waals surface area contributed by atoms with Crippen molar-refractivity contribution in [1.82, 2.24) is 0 Å². The Morgan fingerprint density at radius 2 is 2.10 bits per heavy atom. The first kappa shape index (κ1) is 7.84. The second-order valence-electron chi connectivity index (χ2n) is 4.17. The van der Waals surface area contributed by atoms with Gasteiger partial charge in [-0.25, -0.2) is 0 Å². The molecule has 58 valence electrons. The highest BCUT2D eigenvalue weighted by Crippen LogP contribution is 2.52. The van der Waals surface area contributed by atoms with Crippen LogP contribution in [0.2, 0.25) is 0 Å². The summed E-state index contributed by atoms with van der Waals surface area (Å²) in [5.41, 5.74) is 2.17. The van der Waals surface area contributed by atoms with Crippen LogP contribution >= 0.6 is 0 Å². The number of allylic oxidation sites excluding steroid dienone is 2. The van der Waals surface area contributed by atoms with Crippen molar-refractivity contribution >= 4 is 0 Å². The average Bonchev–Trinajstić information content (AvgIpc) is 2.40. The standard InChI is InChI=1S/C10H18/c1-5-8(2)6-9-7-10(9,3)4/h6,9H,5,7H2,1-4H3. The van der Waals surface area contributed by atoms with Gasteiger partial charge in [0.2, 0.25) is 0 Å². The van der Waals surface area contributed by atoms with Crippen LogP contribution in [0, 0.1) is 11.3 Å². The van der Waals surface area contributed by atoms with E-state index in [2.05, 4.69) is 33.8 Å². The highest BCUT2D eigenvalue weighted by Gasteiger charge is 2.43. The average molecular weight is 138 g/mol. The van der Waals surface area contributed by atoms with Gasteiger partial charge in [-0.3, -0.25) is 0 Å². The number of hydrogen-bond acceptors (Lipinski definition) is 0. The maximum Gasteiger partial charge on any atom is -0.0174 e. The zero-order chi connectivity index (χ0) is 7.78. The fraction of sp³-hybridized carbons (Fsp3) is 0.800. The maximum absolute atomic E-state index is 2.44. The zero-order valence-electron chi connectivity index (χ0n) is 7.57. The van der Waals surface area contributed by atoms with Crippen LogP contribution < -0.4 is 0 Å². The summed E-state index contributed by atoms with van der Waals surface area (Å²) in [6.07, 6.45) is 5.05. The van der Waals surface area contributed by atoms with Crippen molar-refractivity contribution in [3.63, 3.8) is 0 Å². The minimum atomic E-state index is 0.621. The minimum absolute atomic E-state index is 0.621. The van der Waals surface area contributed by atoms with E-state index in [1.54, 1.807) is 5.57 Å². The van der Waals surface area contributed by atoms with Gasteiger partial charge in [0.05, 0.1) is 0 Å². The Balaban J connectivity index is 2.42. The first-order chi connectivity index (χ1) is 4.56. The third-order valence-corrected chi connectivity index (χ3v) is 2.63. The van der Waals surface area contributed by atoms with Crippen LogP contribution in [0.3, 0.4) is 0 Å². The summed E-state index contributed by atoms with van der Waals surface area (Å²) in [7, 11) is 0. The molecule has 0 radical (unpaired) electrons. The smallest absolute Gasteiger partial charge is 0.0174 e. The Bertz CT molecular complexity index is 151. The van der Waals surface area contributed by atoms with Gasteiger partial charge in [-0.05, 0) is 31.1 Å². The van der Waals surface area contributed by atoms with Crippen molar-refractivity contribution < 1.29 is 0 Å². The van der Waals surface area contributed by atoms with E-state index in [0.717, 1.165) is 5.92 Å². The van der Waals surface area contributed by atoms with E-state index >= 15 is 0 Å². The van der Waals surface area contributed by atoms with E-state index in [9.17, 15) is 0 Å². The summed E-state index contributed by atoms with van der Waals surface area (Å²) in [5, 5.41) is 0. The largest absolute Gasteiger partial charge is 0.0819 e. The van der Waals surface area contributed by atoms with Crippen LogP contribution in [0.1, 0.15) is 40.5 Å². The van der Waals surface area contributed by atoms with Gasteiger partial charge < -0.3 is 0 Å². The molecule has 1 saturated carbocycles. The molecule has 0 saturated heterocycles. The Morgan fingerprint density at radius 1 is 1.60 bits per heavy atom. The van der Waals surface area contributed by atoms with E-state index in [0.29, 0.717) is 5.41 Å². The second-order valence-corrected chi connectivity index (χ2v) is 4.17. The lowest BCUT2D eigenvalue weighted by atomic mass is 10.1. The van der Waals surface area contributed by atoms with Gasteiger partial charge in [-0.15, -0.1) is 0 Å². The van der Waals surface area contributed by atoms with Crippen LogP contribution in [-0.4, -0.2) is 0 Å². The Morgan fingerprint density at radius 3 is 2.40 bits per heavy atom. The summed E-state index contributed by atoms with van der Waals surface area (Å²) >= 11 is 0. The zero-order valence-corrected chi connectivity index (χ0v) is 7.57. The van der Waals surface area contributed by atoms with Crippen molar-refractivity contribution in [2.75, 3.05) is 0 Å². The van der Waals surface area contributed by atoms with Crippen molar-refractivity contribution in [1.29, 1.82) is 0 Å². The predicted octanol–water partition coefficient (Wildman–Crippen LogP) is 3.39. The summed E-state index contributed by atoms with van der Waals surface area (Å²) in [6.45, 7) is 9.14. The molecular formula is C10H18. The Hall–Kier alpha value is -0.260. The van der Waals surface area contributed by atoms with Crippen LogP contribution in [0.25, 0.3) is 0 Å². The molecule has 0 N–H and O–H groups in total. The van der Waals surface area contributed by atoms with Gasteiger partial charge in [-0.2, -0.15) is 0 Å². The molecule has 0 heterocycles. The van der Waals surface area contributed by atoms with Crippen molar-refractivity contribution in [3.05, 3.63) is 11.6 Å². The number of rotatable bonds is 2. The molecule has 0 aromatic carbocycles. The molecule has 0 bridgehead atoms. The maximum atomic E-state index is 2.44. The molecule has 0 aromatic heterocycles. The Kier molecular flexibility index (Phi) is 1.89. The van der Waals surface area contributed by atoms with Gasteiger partial charge in [0, 0.05) is 0 Å². The highest BCUT2D eigenvalue weighted by atomic mass is 14.5. The molecule has 10 heavy (non-hydrogen) atoms. The van der Waals surface area contributed by atoms with E-state index in [-0.39, 0.29) is 0 Å². The summed E-state index contributed by atoms with van der Waals surface area (Å²) in [5.74, 6) is 0.882. The van der Waals surface area contributed by atoms with Crippen LogP contribution in [-0.2, 0) is 0 Å². The van der Waals surface area contributed by atoms with Gasteiger partial charge in [0.15, 0.2) is 0 Å². The normalized spacial score (nSPS) is 30.4. The molecule has 0 aliphatic heterocycles. The van der Waals surface area contributed by atoms with Gasteiger partial charge >= 0.3 is 0 Å². The predicted molar refractivity (Wildman–Crippen MR) is 45.9 cm³/mol. The van der Waals surface area contributed by atoms with Gasteiger partial charge in [0.1, 0.15) is 0 Å². The van der Waals surface area contributed by atoms with Crippen LogP contribution in [0.5, 0.6) is 0 Å². The quantitative estimate of drug-likeness (QED) is 0.513. The third-order valence-electron chi connectivity index (χ3n) is 2.63. The van der Waals surface area contributed by atoms with E-state index in [4.69, 9.17) is 0 Å². The number of hydrogen-bond donors (Lipinski definition) is 0. The van der Waals surface area contributed by atoms with Crippen molar-refractivity contribution in [3.8, 4) is 0 Å². The summed E-state index contributed by atoms with van der Waals surface area (Å²) in [4.78, 5) is 0. The Labute approximate surface area is 64.3 Å². The lowest BCUT2D eigenvalue weighted by Crippen LogP contribution is -1.87. The summed E-state index contributed by atoms with van der Waals surface area (Å²) in [6, 6.07) is 0. The molecule has 0 amide bonds. The SMILES string of the molecule is CCC(C)=CC1CC1(C)C. The fourth-order valence-corrected chi connectivity index (χ4v) is 1.25. The first-order valence-electron chi connectivity index (χ1n) is 4.23. The highest BCUT2D eigenvalue weighted by molar-refractivity contribution is 5.12. The van der Waals surface area contributed by atoms with Crippen molar-refractivity contribution in [2.45, 2.75) is 40.5 Å². The molecule has 1 atom stereocenters. The molecule has 1 aliphatic rings. The van der Waals surface area contributed by atoms with E-state index in [1.807, 2.05) is 0 Å². The van der Waals surface area contributed by atoms with Gasteiger partial charge in [0.25, 0.3) is 0 Å². The lowest BCUT2D eigenvalue weighted by Gasteiger charge is -1.98. The molecule has 1 rings (SSSR count). The first-order valence-corrected chi connectivity index (χ1v) is 4.23. The van der Waals surface area contributed by atoms with E-state index < -0.39 is 0 Å². The van der Waals surface area contributed by atoms with E-state index in [1.165, 1.54) is 12.8 Å². The molecule has 0 nitrogen and oxygen atoms in total. The van der Waals surface area contributed by atoms with Crippen molar-refractivity contribution in [2.24, 2.45) is 11.3 Å². The fourth-order valence-electron chi connectivity index (χ4n) is 1.25. The van der Waals surface area contributed by atoms with Crippen LogP contribution in [0.4, 0.5) is 0 Å². The molecule has 0 spiro atoms. The molecule has 1 unspecified atom stereocenters. The second kappa shape index (κ2) is 2.41. The molecule has 0 aromatic rings. The topological polar surface area (TPSA) is 0 Å². The molecule has 0 heteroatoms. The van der Waals surface area contributed by atoms with Crippen LogP contribution in [0.15, 0.2) is 11.6 Å².